The minimum absolute atomic E-state index is 0.00378. The Bertz CT molecular complexity index is 1790. The largest absolute Gasteiger partial charge is 0.352 e. The van der Waals surface area contributed by atoms with Gasteiger partial charge in [0.1, 0.15) is 12.6 Å². The van der Waals surface area contributed by atoms with Gasteiger partial charge in [0.15, 0.2) is 0 Å². The predicted octanol–water partition coefficient (Wildman–Crippen LogP) is 6.19. The zero-order valence-corrected chi connectivity index (χ0v) is 27.7. The first-order chi connectivity index (χ1) is 23.1. The Morgan fingerprint density at radius 1 is 0.833 bits per heavy atom. The van der Waals surface area contributed by atoms with Gasteiger partial charge in [-0.05, 0) is 55.2 Å². The molecule has 4 aromatic rings. The van der Waals surface area contributed by atoms with Crippen LogP contribution >= 0.6 is 0 Å². The number of carbonyl (C=O) groups is 2. The molecule has 0 bridgehead atoms. The van der Waals surface area contributed by atoms with Crippen LogP contribution in [0.3, 0.4) is 0 Å². The number of anilines is 1. The maximum absolute atomic E-state index is 14.6. The molecule has 10 nitrogen and oxygen atoms in total. The van der Waals surface area contributed by atoms with Gasteiger partial charge < -0.3 is 10.2 Å². The lowest BCUT2D eigenvalue weighted by Crippen LogP contribution is -2.55. The number of carbonyl (C=O) groups excluding carboxylic acids is 2. The van der Waals surface area contributed by atoms with E-state index in [0.717, 1.165) is 53.1 Å². The molecule has 1 fully saturated rings. The SMILES string of the molecule is Cc1ccc(CN(C(=O)CN(c2ccc([N+](=O)[O-])cc2)S(=O)(=O)c2ccccc2)C(Cc2ccccc2)C(=O)NC2CCCCC2)cc1. The van der Waals surface area contributed by atoms with Crippen LogP contribution < -0.4 is 9.62 Å². The van der Waals surface area contributed by atoms with Crippen molar-refractivity contribution in [2.45, 2.75) is 69.0 Å². The molecule has 0 heterocycles. The van der Waals surface area contributed by atoms with Gasteiger partial charge in [0.25, 0.3) is 15.7 Å². The van der Waals surface area contributed by atoms with Gasteiger partial charge in [0, 0.05) is 31.1 Å². The van der Waals surface area contributed by atoms with Crippen LogP contribution in [-0.2, 0) is 32.6 Å². The van der Waals surface area contributed by atoms with Crippen LogP contribution in [0.5, 0.6) is 0 Å². The standard InChI is InChI=1S/C37H40N4O6S/c1-28-17-19-30(20-18-28)26-39(35(25-29-11-5-2-6-12-29)37(43)38-31-13-7-3-8-14-31)36(42)27-40(32-21-23-33(24-22-32)41(44)45)48(46,47)34-15-9-4-10-16-34/h2,4-6,9-12,15-24,31,35H,3,7-8,13-14,25-27H2,1H3,(H,38,43). The van der Waals surface area contributed by atoms with Gasteiger partial charge in [-0.3, -0.25) is 24.0 Å². The number of rotatable bonds is 13. The normalized spacial score (nSPS) is 14.1. The lowest BCUT2D eigenvalue weighted by Gasteiger charge is -2.35. The summed E-state index contributed by atoms with van der Waals surface area (Å²) in [6.07, 6.45) is 5.09. The molecule has 1 unspecified atom stereocenters. The highest BCUT2D eigenvalue weighted by atomic mass is 32.2. The summed E-state index contributed by atoms with van der Waals surface area (Å²) < 4.78 is 29.2. The van der Waals surface area contributed by atoms with Crippen LogP contribution in [0, 0.1) is 17.0 Å². The van der Waals surface area contributed by atoms with E-state index in [1.165, 1.54) is 41.3 Å². The zero-order valence-electron chi connectivity index (χ0n) is 26.9. The summed E-state index contributed by atoms with van der Waals surface area (Å²) in [5.41, 5.74) is 2.54. The fraction of sp³-hybridized carbons (Fsp3) is 0.297. The molecule has 2 amide bonds. The van der Waals surface area contributed by atoms with Crippen molar-refractivity contribution in [3.63, 3.8) is 0 Å². The van der Waals surface area contributed by atoms with E-state index in [2.05, 4.69) is 5.32 Å². The molecule has 0 saturated heterocycles. The number of hydrogen-bond donors (Lipinski definition) is 1. The van der Waals surface area contributed by atoms with Crippen LogP contribution in [0.15, 0.2) is 114 Å². The van der Waals surface area contributed by atoms with Gasteiger partial charge in [-0.1, -0.05) is 97.6 Å². The van der Waals surface area contributed by atoms with Crippen LogP contribution in [0.4, 0.5) is 11.4 Å². The van der Waals surface area contributed by atoms with Crippen molar-refractivity contribution in [1.29, 1.82) is 0 Å². The maximum Gasteiger partial charge on any atom is 0.269 e. The number of benzene rings is 4. The van der Waals surface area contributed by atoms with E-state index in [-0.39, 0.29) is 41.2 Å². The molecule has 1 aliphatic carbocycles. The van der Waals surface area contributed by atoms with Crippen molar-refractivity contribution >= 4 is 33.2 Å². The topological polar surface area (TPSA) is 130 Å². The number of nitrogens with one attached hydrogen (secondary N) is 1. The lowest BCUT2D eigenvalue weighted by molar-refractivity contribution is -0.384. The number of hydrogen-bond acceptors (Lipinski definition) is 6. The third-order valence-corrected chi connectivity index (χ3v) is 10.4. The number of aryl methyl sites for hydroxylation is 1. The van der Waals surface area contributed by atoms with Crippen molar-refractivity contribution in [3.05, 3.63) is 136 Å². The van der Waals surface area contributed by atoms with Crippen molar-refractivity contribution in [1.82, 2.24) is 10.2 Å². The summed E-state index contributed by atoms with van der Waals surface area (Å²) >= 11 is 0. The second-order valence-electron chi connectivity index (χ2n) is 12.2. The average molecular weight is 669 g/mol. The maximum atomic E-state index is 14.6. The summed E-state index contributed by atoms with van der Waals surface area (Å²) in [7, 11) is -4.31. The molecule has 0 aliphatic heterocycles. The summed E-state index contributed by atoms with van der Waals surface area (Å²) in [5, 5.41) is 14.6. The summed E-state index contributed by atoms with van der Waals surface area (Å²) in [5.74, 6) is -0.882. The highest BCUT2D eigenvalue weighted by molar-refractivity contribution is 7.92. The fourth-order valence-electron chi connectivity index (χ4n) is 5.98. The van der Waals surface area contributed by atoms with Gasteiger partial charge in [-0.15, -0.1) is 0 Å². The quantitative estimate of drug-likeness (QED) is 0.134. The van der Waals surface area contributed by atoms with Crippen molar-refractivity contribution in [2.75, 3.05) is 10.8 Å². The highest BCUT2D eigenvalue weighted by Gasteiger charge is 2.35. The van der Waals surface area contributed by atoms with E-state index >= 15 is 0 Å². The molecular formula is C37H40N4O6S. The smallest absolute Gasteiger partial charge is 0.269 e. The highest BCUT2D eigenvalue weighted by Crippen LogP contribution is 2.27. The Morgan fingerprint density at radius 2 is 1.44 bits per heavy atom. The van der Waals surface area contributed by atoms with Crippen LogP contribution in [0.25, 0.3) is 0 Å². The van der Waals surface area contributed by atoms with Gasteiger partial charge in [0.05, 0.1) is 15.5 Å². The molecule has 11 heteroatoms. The Balaban J connectivity index is 1.56. The minimum Gasteiger partial charge on any atom is -0.352 e. The van der Waals surface area contributed by atoms with E-state index < -0.39 is 33.4 Å². The Hall–Kier alpha value is -5.03. The molecule has 1 aliphatic rings. The number of sulfonamides is 1. The molecule has 1 N–H and O–H groups in total. The molecule has 1 saturated carbocycles. The van der Waals surface area contributed by atoms with Gasteiger partial charge in [0.2, 0.25) is 11.8 Å². The second kappa shape index (κ2) is 15.7. The molecule has 5 rings (SSSR count). The first kappa shape index (κ1) is 34.3. The van der Waals surface area contributed by atoms with E-state index in [9.17, 15) is 28.1 Å². The molecule has 0 spiro atoms. The Morgan fingerprint density at radius 3 is 2.04 bits per heavy atom. The van der Waals surface area contributed by atoms with E-state index in [1.807, 2.05) is 61.5 Å². The van der Waals surface area contributed by atoms with E-state index in [0.29, 0.717) is 0 Å². The van der Waals surface area contributed by atoms with Crippen LogP contribution in [0.1, 0.15) is 48.8 Å². The number of nitro benzene ring substituents is 1. The van der Waals surface area contributed by atoms with Crippen LogP contribution in [-0.4, -0.2) is 48.7 Å². The van der Waals surface area contributed by atoms with Gasteiger partial charge in [-0.2, -0.15) is 0 Å². The Labute approximate surface area is 281 Å². The number of nitro groups is 1. The molecule has 0 aromatic heterocycles. The minimum atomic E-state index is -4.31. The average Bonchev–Trinajstić information content (AvgIpc) is 3.10. The van der Waals surface area contributed by atoms with Gasteiger partial charge >= 0.3 is 0 Å². The van der Waals surface area contributed by atoms with E-state index in [4.69, 9.17) is 0 Å². The fourth-order valence-corrected chi connectivity index (χ4v) is 7.41. The second-order valence-corrected chi connectivity index (χ2v) is 14.0. The van der Waals surface area contributed by atoms with Crippen LogP contribution in [0.2, 0.25) is 0 Å². The summed E-state index contributed by atoms with van der Waals surface area (Å²) in [6, 6.07) is 28.9. The predicted molar refractivity (Wildman–Crippen MR) is 185 cm³/mol. The van der Waals surface area contributed by atoms with Crippen molar-refractivity contribution < 1.29 is 22.9 Å². The van der Waals surface area contributed by atoms with E-state index in [1.54, 1.807) is 18.2 Å². The number of nitrogens with zero attached hydrogens (tertiary/aromatic N) is 3. The summed E-state index contributed by atoms with van der Waals surface area (Å²) in [4.78, 5) is 41.0. The van der Waals surface area contributed by atoms with Crippen molar-refractivity contribution in [2.24, 2.45) is 0 Å². The Kier molecular flexibility index (Phi) is 11.2. The molecular weight excluding hydrogens is 628 g/mol. The molecule has 4 aromatic carbocycles. The lowest BCUT2D eigenvalue weighted by atomic mass is 9.94. The molecule has 48 heavy (non-hydrogen) atoms. The monoisotopic (exact) mass is 668 g/mol. The third kappa shape index (κ3) is 8.65. The number of amides is 2. The number of non-ortho nitro benzene ring substituents is 1. The van der Waals surface area contributed by atoms with Gasteiger partial charge in [-0.25, -0.2) is 8.42 Å². The molecule has 0 radical (unpaired) electrons. The van der Waals surface area contributed by atoms with Crippen molar-refractivity contribution in [3.8, 4) is 0 Å². The first-order valence-corrected chi connectivity index (χ1v) is 17.6. The molecule has 250 valence electrons. The molecule has 1 atom stereocenters. The third-order valence-electron chi connectivity index (χ3n) is 8.65. The zero-order chi connectivity index (χ0) is 34.1. The summed E-state index contributed by atoms with van der Waals surface area (Å²) in [6.45, 7) is 1.39. The first-order valence-electron chi connectivity index (χ1n) is 16.1.